The Kier molecular flexibility index (Phi) is 6.57. The number of rotatable bonds is 7. The quantitative estimate of drug-likeness (QED) is 0.537. The summed E-state index contributed by atoms with van der Waals surface area (Å²) in [5.74, 6) is -0.635. The van der Waals surface area contributed by atoms with Crippen molar-refractivity contribution in [2.45, 2.75) is 64.4 Å². The Hall–Kier alpha value is -2.45. The van der Waals surface area contributed by atoms with E-state index in [0.717, 1.165) is 61.3 Å². The van der Waals surface area contributed by atoms with E-state index in [1.54, 1.807) is 11.6 Å². The Bertz CT molecular complexity index is 1020. The van der Waals surface area contributed by atoms with Crippen LogP contribution in [0.1, 0.15) is 56.6 Å². The molecule has 1 aromatic carbocycles. The molecule has 2 aliphatic rings. The topological polar surface area (TPSA) is 85.6 Å². The molecular formula is C23H32N4O4. The van der Waals surface area contributed by atoms with Gasteiger partial charge in [0.2, 0.25) is 11.8 Å². The van der Waals surface area contributed by atoms with Crippen molar-refractivity contribution in [3.05, 3.63) is 33.7 Å². The van der Waals surface area contributed by atoms with Crippen LogP contribution in [-0.2, 0) is 34.2 Å². The smallest absolute Gasteiger partial charge is 0.348 e. The minimum Gasteiger partial charge on any atom is -0.378 e. The lowest BCUT2D eigenvalue weighted by molar-refractivity contribution is -0.131. The number of amides is 2. The second-order valence-electron chi connectivity index (χ2n) is 8.45. The van der Waals surface area contributed by atoms with Crippen LogP contribution in [0.15, 0.2) is 16.9 Å². The van der Waals surface area contributed by atoms with E-state index in [-0.39, 0.29) is 30.3 Å². The molecule has 3 heterocycles. The molecule has 0 saturated carbocycles. The van der Waals surface area contributed by atoms with Gasteiger partial charge in [0, 0.05) is 26.5 Å². The molecule has 0 aliphatic carbocycles. The van der Waals surface area contributed by atoms with Crippen molar-refractivity contribution in [3.8, 4) is 0 Å². The molecule has 0 atom stereocenters. The molecule has 0 bridgehead atoms. The fraction of sp³-hybridized carbons (Fsp3) is 0.609. The number of benzene rings is 1. The standard InChI is InChI=1S/C23H32N4O4/c1-3-16-9-10-19-22(18(16)6-5-15-31-17-11-13-24-14-12-17)25(2)23(30)26(19)27-20(28)7-4-8-21(27)29/h9-10,17,24H,3-8,11-15H2,1-2H3. The molecule has 168 valence electrons. The molecule has 2 aliphatic heterocycles. The van der Waals surface area contributed by atoms with E-state index in [1.165, 1.54) is 10.2 Å². The first-order valence-electron chi connectivity index (χ1n) is 11.4. The van der Waals surface area contributed by atoms with Gasteiger partial charge in [0.05, 0.1) is 17.1 Å². The average Bonchev–Trinajstić information content (AvgIpc) is 3.02. The highest BCUT2D eigenvalue weighted by Crippen LogP contribution is 2.25. The third-order valence-electron chi connectivity index (χ3n) is 6.44. The Morgan fingerprint density at radius 1 is 1.10 bits per heavy atom. The maximum atomic E-state index is 13.1. The molecule has 0 unspecified atom stereocenters. The van der Waals surface area contributed by atoms with Crippen LogP contribution in [0.5, 0.6) is 0 Å². The Balaban J connectivity index is 1.64. The van der Waals surface area contributed by atoms with Crippen LogP contribution in [0.25, 0.3) is 11.0 Å². The van der Waals surface area contributed by atoms with Crippen molar-refractivity contribution in [1.82, 2.24) is 14.6 Å². The third kappa shape index (κ3) is 4.19. The zero-order chi connectivity index (χ0) is 22.0. The lowest BCUT2D eigenvalue weighted by Gasteiger charge is -2.25. The Labute approximate surface area is 182 Å². The molecule has 8 nitrogen and oxygen atoms in total. The third-order valence-corrected chi connectivity index (χ3v) is 6.44. The molecule has 1 aromatic heterocycles. The number of hydrogen-bond donors (Lipinski definition) is 1. The molecule has 2 aromatic rings. The molecule has 2 amide bonds. The first-order valence-corrected chi connectivity index (χ1v) is 11.4. The maximum absolute atomic E-state index is 13.1. The number of carbonyl (C=O) groups is 2. The van der Waals surface area contributed by atoms with E-state index in [2.05, 4.69) is 12.2 Å². The number of aromatic nitrogens is 2. The summed E-state index contributed by atoms with van der Waals surface area (Å²) >= 11 is 0. The average molecular weight is 429 g/mol. The van der Waals surface area contributed by atoms with Crippen LogP contribution < -0.4 is 16.0 Å². The van der Waals surface area contributed by atoms with Crippen molar-refractivity contribution < 1.29 is 14.3 Å². The largest absolute Gasteiger partial charge is 0.378 e. The highest BCUT2D eigenvalue weighted by Gasteiger charge is 2.31. The summed E-state index contributed by atoms with van der Waals surface area (Å²) in [4.78, 5) is 38.1. The van der Waals surface area contributed by atoms with Crippen LogP contribution in [-0.4, -0.2) is 46.9 Å². The van der Waals surface area contributed by atoms with Crippen molar-refractivity contribution in [3.63, 3.8) is 0 Å². The van der Waals surface area contributed by atoms with Gasteiger partial charge in [-0.3, -0.25) is 14.2 Å². The summed E-state index contributed by atoms with van der Waals surface area (Å²) in [5.41, 5.74) is 3.33. The van der Waals surface area contributed by atoms with Gasteiger partial charge in [-0.15, -0.1) is 0 Å². The fourth-order valence-corrected chi connectivity index (χ4v) is 4.78. The van der Waals surface area contributed by atoms with Gasteiger partial charge in [-0.1, -0.05) is 13.0 Å². The number of ether oxygens (including phenoxy) is 1. The number of nitrogens with one attached hydrogen (secondary N) is 1. The summed E-state index contributed by atoms with van der Waals surface area (Å²) in [6.07, 6.45) is 6.00. The minimum absolute atomic E-state index is 0.280. The molecule has 0 radical (unpaired) electrons. The maximum Gasteiger partial charge on any atom is 0.348 e. The summed E-state index contributed by atoms with van der Waals surface area (Å²) in [7, 11) is 1.72. The molecule has 4 rings (SSSR count). The number of imidazole rings is 1. The number of fused-ring (bicyclic) bond motifs is 1. The van der Waals surface area contributed by atoms with Crippen LogP contribution in [0, 0.1) is 0 Å². The van der Waals surface area contributed by atoms with E-state index in [4.69, 9.17) is 4.74 Å². The molecular weight excluding hydrogens is 396 g/mol. The van der Waals surface area contributed by atoms with Gasteiger partial charge in [0.15, 0.2) is 0 Å². The summed E-state index contributed by atoms with van der Waals surface area (Å²) in [6, 6.07) is 3.87. The number of nitrogens with zero attached hydrogens (tertiary/aromatic N) is 3. The van der Waals surface area contributed by atoms with Gasteiger partial charge in [0.1, 0.15) is 0 Å². The van der Waals surface area contributed by atoms with Crippen molar-refractivity contribution in [1.29, 1.82) is 0 Å². The second kappa shape index (κ2) is 9.36. The molecule has 2 fully saturated rings. The van der Waals surface area contributed by atoms with Gasteiger partial charge >= 0.3 is 5.69 Å². The van der Waals surface area contributed by atoms with Crippen molar-refractivity contribution in [2.24, 2.45) is 7.05 Å². The van der Waals surface area contributed by atoms with E-state index < -0.39 is 0 Å². The van der Waals surface area contributed by atoms with Gasteiger partial charge in [0.25, 0.3) is 0 Å². The van der Waals surface area contributed by atoms with E-state index in [0.29, 0.717) is 24.6 Å². The predicted octanol–water partition coefficient (Wildman–Crippen LogP) is 1.78. The highest BCUT2D eigenvalue weighted by molar-refractivity contribution is 6.11. The Morgan fingerprint density at radius 2 is 1.81 bits per heavy atom. The SMILES string of the molecule is CCc1ccc2c(c1CCCOC1CCNCC1)n(C)c(=O)n2N1C(=O)CCCC1=O. The summed E-state index contributed by atoms with van der Waals surface area (Å²) in [6.45, 7) is 4.80. The van der Waals surface area contributed by atoms with E-state index in [1.807, 2.05) is 12.1 Å². The van der Waals surface area contributed by atoms with E-state index in [9.17, 15) is 14.4 Å². The summed E-state index contributed by atoms with van der Waals surface area (Å²) < 4.78 is 8.91. The van der Waals surface area contributed by atoms with Crippen molar-refractivity contribution in [2.75, 3.05) is 24.7 Å². The van der Waals surface area contributed by atoms with Crippen LogP contribution in [0.3, 0.4) is 0 Å². The molecule has 0 spiro atoms. The monoisotopic (exact) mass is 428 g/mol. The number of hydrogen-bond acceptors (Lipinski definition) is 5. The van der Waals surface area contributed by atoms with Crippen LogP contribution >= 0.6 is 0 Å². The first kappa shape index (κ1) is 21.8. The fourth-order valence-electron chi connectivity index (χ4n) is 4.78. The number of carbonyl (C=O) groups excluding carboxylic acids is 2. The van der Waals surface area contributed by atoms with Crippen LogP contribution in [0.4, 0.5) is 0 Å². The number of aryl methyl sites for hydroxylation is 3. The molecule has 1 N–H and O–H groups in total. The Morgan fingerprint density at radius 3 is 2.48 bits per heavy atom. The zero-order valence-corrected chi connectivity index (χ0v) is 18.5. The van der Waals surface area contributed by atoms with Gasteiger partial charge < -0.3 is 10.1 Å². The first-order chi connectivity index (χ1) is 15.0. The summed E-state index contributed by atoms with van der Waals surface area (Å²) in [5, 5.41) is 4.39. The molecule has 2 saturated heterocycles. The molecule has 8 heteroatoms. The number of piperidine rings is 2. The molecule has 31 heavy (non-hydrogen) atoms. The normalized spacial score (nSPS) is 18.3. The predicted molar refractivity (Wildman–Crippen MR) is 119 cm³/mol. The van der Waals surface area contributed by atoms with Gasteiger partial charge in [-0.25, -0.2) is 4.79 Å². The van der Waals surface area contributed by atoms with Crippen molar-refractivity contribution >= 4 is 22.8 Å². The lowest BCUT2D eigenvalue weighted by atomic mass is 9.99. The zero-order valence-electron chi connectivity index (χ0n) is 18.5. The van der Waals surface area contributed by atoms with Gasteiger partial charge in [-0.2, -0.15) is 9.69 Å². The van der Waals surface area contributed by atoms with Crippen LogP contribution in [0.2, 0.25) is 0 Å². The lowest BCUT2D eigenvalue weighted by Crippen LogP contribution is -2.52. The number of imide groups is 1. The van der Waals surface area contributed by atoms with Gasteiger partial charge in [-0.05, 0) is 68.8 Å². The minimum atomic E-state index is -0.362. The highest BCUT2D eigenvalue weighted by atomic mass is 16.5. The van der Waals surface area contributed by atoms with E-state index >= 15 is 0 Å². The second-order valence-corrected chi connectivity index (χ2v) is 8.45.